The summed E-state index contributed by atoms with van der Waals surface area (Å²) in [7, 11) is 0. The molecule has 0 unspecified atom stereocenters. The van der Waals surface area contributed by atoms with Gasteiger partial charge in [0.15, 0.2) is 0 Å². The lowest BCUT2D eigenvalue weighted by molar-refractivity contribution is -0.0153. The van der Waals surface area contributed by atoms with Crippen LogP contribution in [0.5, 0.6) is 0 Å². The molecule has 1 aromatic carbocycles. The van der Waals surface area contributed by atoms with Crippen molar-refractivity contribution in [3.63, 3.8) is 0 Å². The SMILES string of the molecule is OC1(C2CCCCCC2)Cc2ccccc2C1. The molecule has 3 rings (SSSR count). The van der Waals surface area contributed by atoms with Crippen molar-refractivity contribution < 1.29 is 5.11 Å². The third-order valence-electron chi connectivity index (χ3n) is 4.73. The number of fused-ring (bicyclic) bond motifs is 1. The fraction of sp³-hybridized carbons (Fsp3) is 0.625. The maximum absolute atomic E-state index is 11.0. The van der Waals surface area contributed by atoms with Gasteiger partial charge >= 0.3 is 0 Å². The van der Waals surface area contributed by atoms with Gasteiger partial charge in [0.05, 0.1) is 5.60 Å². The highest BCUT2D eigenvalue weighted by Crippen LogP contribution is 2.40. The van der Waals surface area contributed by atoms with Crippen LogP contribution >= 0.6 is 0 Å². The third-order valence-corrected chi connectivity index (χ3v) is 4.73. The van der Waals surface area contributed by atoms with E-state index in [-0.39, 0.29) is 0 Å². The van der Waals surface area contributed by atoms with E-state index in [1.54, 1.807) is 0 Å². The molecule has 1 aromatic rings. The second kappa shape index (κ2) is 4.45. The summed E-state index contributed by atoms with van der Waals surface area (Å²) in [4.78, 5) is 0. The van der Waals surface area contributed by atoms with E-state index in [1.807, 2.05) is 0 Å². The first-order valence-electron chi connectivity index (χ1n) is 7.07. The molecule has 0 bridgehead atoms. The van der Waals surface area contributed by atoms with Crippen molar-refractivity contribution in [2.75, 3.05) is 0 Å². The molecule has 0 radical (unpaired) electrons. The summed E-state index contributed by atoms with van der Waals surface area (Å²) in [5, 5.41) is 11.0. The van der Waals surface area contributed by atoms with Crippen LogP contribution in [-0.2, 0) is 12.8 Å². The van der Waals surface area contributed by atoms with E-state index in [2.05, 4.69) is 24.3 Å². The van der Waals surface area contributed by atoms with Gasteiger partial charge in [0, 0.05) is 12.8 Å². The first-order chi connectivity index (χ1) is 8.28. The van der Waals surface area contributed by atoms with Crippen molar-refractivity contribution >= 4 is 0 Å². The van der Waals surface area contributed by atoms with Crippen LogP contribution in [0.3, 0.4) is 0 Å². The summed E-state index contributed by atoms with van der Waals surface area (Å²) in [5.74, 6) is 0.525. The fourth-order valence-corrected chi connectivity index (χ4v) is 3.73. The Balaban J connectivity index is 1.80. The summed E-state index contributed by atoms with van der Waals surface area (Å²) >= 11 is 0. The van der Waals surface area contributed by atoms with E-state index >= 15 is 0 Å². The van der Waals surface area contributed by atoms with E-state index < -0.39 is 5.60 Å². The van der Waals surface area contributed by atoms with Gasteiger partial charge in [0.2, 0.25) is 0 Å². The average molecular weight is 230 g/mol. The molecule has 92 valence electrons. The molecule has 0 amide bonds. The van der Waals surface area contributed by atoms with Crippen molar-refractivity contribution in [3.8, 4) is 0 Å². The Bertz CT molecular complexity index is 363. The number of benzene rings is 1. The van der Waals surface area contributed by atoms with Crippen LogP contribution in [0.15, 0.2) is 24.3 Å². The molecule has 1 saturated carbocycles. The quantitative estimate of drug-likeness (QED) is 0.732. The minimum atomic E-state index is -0.436. The fourth-order valence-electron chi connectivity index (χ4n) is 3.73. The molecule has 17 heavy (non-hydrogen) atoms. The van der Waals surface area contributed by atoms with Crippen LogP contribution in [0, 0.1) is 5.92 Å². The van der Waals surface area contributed by atoms with E-state index in [0.717, 1.165) is 12.8 Å². The number of rotatable bonds is 1. The van der Waals surface area contributed by atoms with Crippen LogP contribution in [0.2, 0.25) is 0 Å². The molecule has 0 aromatic heterocycles. The number of hydrogen-bond donors (Lipinski definition) is 1. The molecule has 0 spiro atoms. The van der Waals surface area contributed by atoms with Crippen molar-refractivity contribution in [1.82, 2.24) is 0 Å². The smallest absolute Gasteiger partial charge is 0.0756 e. The van der Waals surface area contributed by atoms with Gasteiger partial charge in [-0.2, -0.15) is 0 Å². The lowest BCUT2D eigenvalue weighted by Crippen LogP contribution is -2.38. The Hall–Kier alpha value is -0.820. The zero-order valence-electron chi connectivity index (χ0n) is 10.5. The lowest BCUT2D eigenvalue weighted by Gasteiger charge is -2.32. The Kier molecular flexibility index (Phi) is 2.96. The molecule has 0 aliphatic heterocycles. The van der Waals surface area contributed by atoms with Crippen molar-refractivity contribution in [1.29, 1.82) is 0 Å². The lowest BCUT2D eigenvalue weighted by atomic mass is 9.80. The number of hydrogen-bond acceptors (Lipinski definition) is 1. The predicted molar refractivity (Wildman–Crippen MR) is 70.0 cm³/mol. The molecule has 2 aliphatic rings. The van der Waals surface area contributed by atoms with Crippen LogP contribution in [0.25, 0.3) is 0 Å². The zero-order valence-corrected chi connectivity index (χ0v) is 10.5. The highest BCUT2D eigenvalue weighted by molar-refractivity contribution is 5.35. The minimum Gasteiger partial charge on any atom is -0.389 e. The Morgan fingerprint density at radius 1 is 0.882 bits per heavy atom. The average Bonchev–Trinajstić information content (AvgIpc) is 2.53. The van der Waals surface area contributed by atoms with Crippen molar-refractivity contribution in [3.05, 3.63) is 35.4 Å². The highest BCUT2D eigenvalue weighted by Gasteiger charge is 2.41. The topological polar surface area (TPSA) is 20.2 Å². The molecule has 1 nitrogen and oxygen atoms in total. The first-order valence-corrected chi connectivity index (χ1v) is 7.07. The van der Waals surface area contributed by atoms with Gasteiger partial charge in [-0.25, -0.2) is 0 Å². The van der Waals surface area contributed by atoms with Crippen LogP contribution < -0.4 is 0 Å². The summed E-state index contributed by atoms with van der Waals surface area (Å²) in [5.41, 5.74) is 2.31. The van der Waals surface area contributed by atoms with Crippen LogP contribution in [0.4, 0.5) is 0 Å². The van der Waals surface area contributed by atoms with E-state index in [1.165, 1.54) is 49.7 Å². The molecule has 0 atom stereocenters. The zero-order chi connectivity index (χ0) is 11.7. The van der Waals surface area contributed by atoms with Gasteiger partial charge in [-0.05, 0) is 29.9 Å². The Morgan fingerprint density at radius 3 is 1.94 bits per heavy atom. The van der Waals surface area contributed by atoms with Gasteiger partial charge in [-0.15, -0.1) is 0 Å². The first kappa shape index (κ1) is 11.3. The van der Waals surface area contributed by atoms with Crippen LogP contribution in [-0.4, -0.2) is 10.7 Å². The van der Waals surface area contributed by atoms with Gasteiger partial charge in [0.1, 0.15) is 0 Å². The number of aliphatic hydroxyl groups is 1. The van der Waals surface area contributed by atoms with Crippen molar-refractivity contribution in [2.24, 2.45) is 5.92 Å². The standard InChI is InChI=1S/C16H22O/c17-16(15-9-3-1-2-4-10-15)11-13-7-5-6-8-14(13)12-16/h5-8,15,17H,1-4,9-12H2. The highest BCUT2D eigenvalue weighted by atomic mass is 16.3. The molecule has 0 heterocycles. The van der Waals surface area contributed by atoms with Crippen molar-refractivity contribution in [2.45, 2.75) is 57.0 Å². The van der Waals surface area contributed by atoms with E-state index in [0.29, 0.717) is 5.92 Å². The normalized spacial score (nSPS) is 24.3. The van der Waals surface area contributed by atoms with Gasteiger partial charge in [-0.1, -0.05) is 49.9 Å². The monoisotopic (exact) mass is 230 g/mol. The molecule has 0 saturated heterocycles. The van der Waals surface area contributed by atoms with Gasteiger partial charge < -0.3 is 5.11 Å². The van der Waals surface area contributed by atoms with Gasteiger partial charge in [0.25, 0.3) is 0 Å². The molecule has 2 aliphatic carbocycles. The maximum atomic E-state index is 11.0. The van der Waals surface area contributed by atoms with Crippen LogP contribution in [0.1, 0.15) is 49.7 Å². The second-order valence-electron chi connectivity index (χ2n) is 5.91. The maximum Gasteiger partial charge on any atom is 0.0756 e. The molecular formula is C16H22O. The largest absolute Gasteiger partial charge is 0.389 e. The molecule has 1 heteroatoms. The summed E-state index contributed by atoms with van der Waals surface area (Å²) < 4.78 is 0. The minimum absolute atomic E-state index is 0.436. The third kappa shape index (κ3) is 2.13. The van der Waals surface area contributed by atoms with E-state index in [9.17, 15) is 5.11 Å². The predicted octanol–water partition coefficient (Wildman–Crippen LogP) is 3.49. The molecular weight excluding hydrogens is 208 g/mol. The van der Waals surface area contributed by atoms with Gasteiger partial charge in [-0.3, -0.25) is 0 Å². The van der Waals surface area contributed by atoms with E-state index in [4.69, 9.17) is 0 Å². The summed E-state index contributed by atoms with van der Waals surface area (Å²) in [6, 6.07) is 8.56. The Morgan fingerprint density at radius 2 is 1.41 bits per heavy atom. The Labute approximate surface area is 104 Å². The second-order valence-corrected chi connectivity index (χ2v) is 5.91. The molecule has 1 N–H and O–H groups in total. The molecule has 1 fully saturated rings. The summed E-state index contributed by atoms with van der Waals surface area (Å²) in [6.45, 7) is 0. The summed E-state index contributed by atoms with van der Waals surface area (Å²) in [6.07, 6.45) is 9.56.